The molecule has 1 aromatic heterocycles. The van der Waals surface area contributed by atoms with Gasteiger partial charge in [0.15, 0.2) is 0 Å². The summed E-state index contributed by atoms with van der Waals surface area (Å²) in [5, 5.41) is 11.0. The number of phenols is 1. The molecule has 0 unspecified atom stereocenters. The Labute approximate surface area is 183 Å². The van der Waals surface area contributed by atoms with Crippen molar-refractivity contribution >= 4 is 16.8 Å². The number of hydrogen-bond acceptors (Lipinski definition) is 3. The molecule has 5 rings (SSSR count). The maximum absolute atomic E-state index is 13.2. The highest BCUT2D eigenvalue weighted by Crippen LogP contribution is 2.37. The van der Waals surface area contributed by atoms with Crippen LogP contribution >= 0.6 is 0 Å². The molecule has 31 heavy (non-hydrogen) atoms. The molecule has 0 atom stereocenters. The number of benzene rings is 2. The Hall–Kier alpha value is -2.79. The molecule has 3 aromatic rings. The molecule has 5 nitrogen and oxygen atoms in total. The molecule has 162 valence electrons. The van der Waals surface area contributed by atoms with Crippen LogP contribution in [-0.2, 0) is 11.3 Å². The van der Waals surface area contributed by atoms with Crippen molar-refractivity contribution in [3.8, 4) is 5.75 Å². The van der Waals surface area contributed by atoms with Gasteiger partial charge in [-0.1, -0.05) is 30.3 Å². The molecule has 2 heterocycles. The van der Waals surface area contributed by atoms with Crippen molar-refractivity contribution in [3.05, 3.63) is 65.9 Å². The minimum atomic E-state index is 0.0607. The van der Waals surface area contributed by atoms with E-state index in [9.17, 15) is 9.90 Å². The Balaban J connectivity index is 1.35. The van der Waals surface area contributed by atoms with Gasteiger partial charge >= 0.3 is 0 Å². The Bertz CT molecular complexity index is 1050. The normalized spacial score (nSPS) is 22.0. The maximum Gasteiger partial charge on any atom is 0.256 e. The van der Waals surface area contributed by atoms with E-state index >= 15 is 0 Å². The van der Waals surface area contributed by atoms with Gasteiger partial charge in [0.05, 0.1) is 24.3 Å². The zero-order chi connectivity index (χ0) is 21.2. The van der Waals surface area contributed by atoms with Crippen LogP contribution in [0, 0.1) is 5.92 Å². The number of hydrogen-bond donors (Lipinski definition) is 1. The number of fused-ring (bicyclic) bond motifs is 1. The lowest BCUT2D eigenvalue weighted by Gasteiger charge is -2.29. The van der Waals surface area contributed by atoms with Gasteiger partial charge in [0.25, 0.3) is 5.91 Å². The zero-order valence-corrected chi connectivity index (χ0v) is 17.9. The molecule has 1 saturated heterocycles. The predicted octanol–water partition coefficient (Wildman–Crippen LogP) is 4.79. The van der Waals surface area contributed by atoms with Crippen LogP contribution in [0.15, 0.2) is 54.7 Å². The third kappa shape index (κ3) is 4.19. The fourth-order valence-electron chi connectivity index (χ4n) is 5.22. The van der Waals surface area contributed by atoms with E-state index in [0.29, 0.717) is 38.1 Å². The highest BCUT2D eigenvalue weighted by atomic mass is 16.5. The Morgan fingerprint density at radius 1 is 1.00 bits per heavy atom. The number of rotatable bonds is 4. The summed E-state index contributed by atoms with van der Waals surface area (Å²) in [7, 11) is 0. The summed E-state index contributed by atoms with van der Waals surface area (Å²) in [6.07, 6.45) is 6.79. The monoisotopic (exact) mass is 418 g/mol. The summed E-state index contributed by atoms with van der Waals surface area (Å²) in [6.45, 7) is 3.34. The van der Waals surface area contributed by atoms with Crippen LogP contribution in [0.4, 0.5) is 0 Å². The summed E-state index contributed by atoms with van der Waals surface area (Å²) in [4.78, 5) is 15.1. The van der Waals surface area contributed by atoms with Gasteiger partial charge in [0.1, 0.15) is 5.75 Å². The van der Waals surface area contributed by atoms with Crippen molar-refractivity contribution in [1.29, 1.82) is 0 Å². The van der Waals surface area contributed by atoms with Gasteiger partial charge in [0.2, 0.25) is 0 Å². The first kappa shape index (κ1) is 20.1. The summed E-state index contributed by atoms with van der Waals surface area (Å²) in [5.74, 6) is 1.54. The summed E-state index contributed by atoms with van der Waals surface area (Å²) < 4.78 is 7.59. The number of aromatic hydroxyl groups is 1. The molecule has 0 radical (unpaired) electrons. The molecule has 0 spiro atoms. The van der Waals surface area contributed by atoms with Gasteiger partial charge in [-0.05, 0) is 55.2 Å². The summed E-state index contributed by atoms with van der Waals surface area (Å²) in [6, 6.07) is 16.2. The van der Waals surface area contributed by atoms with Crippen molar-refractivity contribution < 1.29 is 14.6 Å². The lowest BCUT2D eigenvalue weighted by molar-refractivity contribution is 0.0304. The second-order valence-electron chi connectivity index (χ2n) is 8.93. The van der Waals surface area contributed by atoms with E-state index in [1.807, 2.05) is 17.2 Å². The predicted molar refractivity (Wildman–Crippen MR) is 121 cm³/mol. The van der Waals surface area contributed by atoms with Gasteiger partial charge in [-0.15, -0.1) is 0 Å². The quantitative estimate of drug-likeness (QED) is 0.663. The topological polar surface area (TPSA) is 54.7 Å². The van der Waals surface area contributed by atoms with Crippen LogP contribution in [0.5, 0.6) is 5.75 Å². The largest absolute Gasteiger partial charge is 0.508 e. The molecule has 1 aliphatic carbocycles. The SMILES string of the molecule is O=C(c1cn(CC2CCC(c3ccccc3)CC2)c2cc(O)ccc12)N1CCOCC1. The Kier molecular flexibility index (Phi) is 5.68. The minimum Gasteiger partial charge on any atom is -0.508 e. The number of aromatic nitrogens is 1. The highest BCUT2D eigenvalue weighted by Gasteiger charge is 2.26. The summed E-state index contributed by atoms with van der Waals surface area (Å²) in [5.41, 5.74) is 3.13. The molecule has 1 N–H and O–H groups in total. The number of carbonyl (C=O) groups is 1. The van der Waals surface area contributed by atoms with E-state index in [-0.39, 0.29) is 11.7 Å². The molecule has 5 heteroatoms. The van der Waals surface area contributed by atoms with Crippen LogP contribution in [0.2, 0.25) is 0 Å². The van der Waals surface area contributed by atoms with E-state index in [0.717, 1.165) is 23.0 Å². The van der Waals surface area contributed by atoms with E-state index in [1.54, 1.807) is 12.1 Å². The fraction of sp³-hybridized carbons (Fsp3) is 0.423. The van der Waals surface area contributed by atoms with Crippen LogP contribution in [0.3, 0.4) is 0 Å². The van der Waals surface area contributed by atoms with E-state index in [2.05, 4.69) is 34.9 Å². The summed E-state index contributed by atoms with van der Waals surface area (Å²) >= 11 is 0. The van der Waals surface area contributed by atoms with Gasteiger partial charge < -0.3 is 19.3 Å². The van der Waals surface area contributed by atoms with Gasteiger partial charge in [-0.2, -0.15) is 0 Å². The second kappa shape index (κ2) is 8.75. The second-order valence-corrected chi connectivity index (χ2v) is 8.93. The fourth-order valence-corrected chi connectivity index (χ4v) is 5.22. The molecule has 2 aromatic carbocycles. The van der Waals surface area contributed by atoms with Crippen molar-refractivity contribution in [2.24, 2.45) is 5.92 Å². The van der Waals surface area contributed by atoms with E-state index in [4.69, 9.17) is 4.74 Å². The minimum absolute atomic E-state index is 0.0607. The number of ether oxygens (including phenoxy) is 1. The number of morpholine rings is 1. The molecule has 0 bridgehead atoms. The van der Waals surface area contributed by atoms with Crippen molar-refractivity contribution in [3.63, 3.8) is 0 Å². The van der Waals surface area contributed by atoms with Crippen molar-refractivity contribution in [1.82, 2.24) is 9.47 Å². The van der Waals surface area contributed by atoms with Crippen molar-refractivity contribution in [2.75, 3.05) is 26.3 Å². The molecule has 2 aliphatic rings. The zero-order valence-electron chi connectivity index (χ0n) is 17.9. The Morgan fingerprint density at radius 3 is 2.48 bits per heavy atom. The van der Waals surface area contributed by atoms with Crippen LogP contribution in [-0.4, -0.2) is 46.8 Å². The standard InChI is InChI=1S/C26H30N2O3/c29-22-10-11-23-24(26(30)27-12-14-31-15-13-27)18-28(25(23)16-22)17-19-6-8-21(9-7-19)20-4-2-1-3-5-20/h1-5,10-11,16,18-19,21,29H,6-9,12-15,17H2. The number of carbonyl (C=O) groups excluding carboxylic acids is 1. The van der Waals surface area contributed by atoms with Gasteiger partial charge in [-0.25, -0.2) is 0 Å². The highest BCUT2D eigenvalue weighted by molar-refractivity contribution is 6.07. The van der Waals surface area contributed by atoms with Crippen molar-refractivity contribution in [2.45, 2.75) is 38.1 Å². The number of amides is 1. The third-order valence-electron chi connectivity index (χ3n) is 6.97. The average Bonchev–Trinajstić information content (AvgIpc) is 3.17. The molecule has 1 saturated carbocycles. The van der Waals surface area contributed by atoms with E-state index < -0.39 is 0 Å². The lowest BCUT2D eigenvalue weighted by atomic mass is 9.78. The molecule has 1 aliphatic heterocycles. The average molecular weight is 419 g/mol. The van der Waals surface area contributed by atoms with Crippen LogP contribution < -0.4 is 0 Å². The van der Waals surface area contributed by atoms with Crippen LogP contribution in [0.25, 0.3) is 10.9 Å². The van der Waals surface area contributed by atoms with E-state index in [1.165, 1.54) is 31.2 Å². The Morgan fingerprint density at radius 2 is 1.74 bits per heavy atom. The molecule has 2 fully saturated rings. The molecular weight excluding hydrogens is 388 g/mol. The number of phenolic OH excluding ortho intramolecular Hbond substituents is 1. The lowest BCUT2D eigenvalue weighted by Crippen LogP contribution is -2.40. The van der Waals surface area contributed by atoms with Crippen LogP contribution in [0.1, 0.15) is 47.5 Å². The first-order chi connectivity index (χ1) is 15.2. The third-order valence-corrected chi connectivity index (χ3v) is 6.97. The maximum atomic E-state index is 13.2. The van der Waals surface area contributed by atoms with Gasteiger partial charge in [-0.3, -0.25) is 4.79 Å². The van der Waals surface area contributed by atoms with Gasteiger partial charge in [0, 0.05) is 37.3 Å². The molecule has 1 amide bonds. The number of nitrogens with zero attached hydrogens (tertiary/aromatic N) is 2. The molecular formula is C26H30N2O3. The first-order valence-corrected chi connectivity index (χ1v) is 11.4. The first-order valence-electron chi connectivity index (χ1n) is 11.4. The smallest absolute Gasteiger partial charge is 0.256 e.